The second-order valence-electron chi connectivity index (χ2n) is 7.91. The summed E-state index contributed by atoms with van der Waals surface area (Å²) in [7, 11) is 4.69. The highest BCUT2D eigenvalue weighted by Gasteiger charge is 2.28. The number of methoxy groups -OCH3 is 3. The first-order valence-electron chi connectivity index (χ1n) is 11.1. The topological polar surface area (TPSA) is 115 Å². The molecule has 2 N–H and O–H groups in total. The highest BCUT2D eigenvalue weighted by molar-refractivity contribution is 7.13. The van der Waals surface area contributed by atoms with Crippen LogP contribution in [-0.2, 0) is 0 Å². The smallest absolute Gasteiger partial charge is 0.321 e. The zero-order chi connectivity index (χ0) is 24.8. The largest absolute Gasteiger partial charge is 0.497 e. The number of likely N-dealkylation sites (tertiary alicyclic amines) is 1. The molecule has 11 heteroatoms. The Morgan fingerprint density at radius 2 is 1.69 bits per heavy atom. The molecule has 0 aliphatic carbocycles. The Hall–Kier alpha value is -3.86. The van der Waals surface area contributed by atoms with Gasteiger partial charge in [0, 0.05) is 36.4 Å². The van der Waals surface area contributed by atoms with E-state index in [1.54, 1.807) is 68.7 Å². The van der Waals surface area contributed by atoms with Gasteiger partial charge in [0.25, 0.3) is 5.91 Å². The minimum absolute atomic E-state index is 0.0138. The van der Waals surface area contributed by atoms with Crippen molar-refractivity contribution in [1.29, 1.82) is 0 Å². The highest BCUT2D eigenvalue weighted by Crippen LogP contribution is 2.32. The third-order valence-corrected chi connectivity index (χ3v) is 6.76. The molecule has 1 aliphatic heterocycles. The van der Waals surface area contributed by atoms with E-state index in [0.717, 1.165) is 17.8 Å². The number of urea groups is 1. The lowest BCUT2D eigenvalue weighted by molar-refractivity contribution is 0.102. The number of aromatic nitrogens is 2. The number of carbonyl (C=O) groups is 2. The van der Waals surface area contributed by atoms with Crippen LogP contribution >= 0.6 is 11.3 Å². The molecule has 3 amide bonds. The van der Waals surface area contributed by atoms with E-state index in [1.807, 2.05) is 0 Å². The normalized spacial score (nSPS) is 15.3. The molecule has 2 heterocycles. The minimum Gasteiger partial charge on any atom is -0.497 e. The van der Waals surface area contributed by atoms with E-state index in [2.05, 4.69) is 20.8 Å². The van der Waals surface area contributed by atoms with Crippen LogP contribution in [0.2, 0.25) is 0 Å². The molecule has 0 radical (unpaired) electrons. The van der Waals surface area contributed by atoms with Crippen molar-refractivity contribution >= 4 is 34.6 Å². The number of ether oxygens (including phenoxy) is 3. The first-order valence-corrected chi connectivity index (χ1v) is 11.9. The van der Waals surface area contributed by atoms with Crippen LogP contribution < -0.4 is 24.8 Å². The van der Waals surface area contributed by atoms with Gasteiger partial charge in [-0.25, -0.2) is 4.79 Å². The Kier molecular flexibility index (Phi) is 7.66. The van der Waals surface area contributed by atoms with Gasteiger partial charge >= 0.3 is 6.03 Å². The van der Waals surface area contributed by atoms with Crippen LogP contribution in [0.3, 0.4) is 0 Å². The Labute approximate surface area is 207 Å². The van der Waals surface area contributed by atoms with Gasteiger partial charge in [0.05, 0.1) is 21.3 Å². The molecule has 1 fully saturated rings. The molecular weight excluding hydrogens is 470 g/mol. The van der Waals surface area contributed by atoms with Gasteiger partial charge in [-0.05, 0) is 49.2 Å². The molecular formula is C24H27N5O5S. The SMILES string of the molecule is COc1ccc(NC(=O)c2nnc([C@H]3CCCN(C(=O)Nc4ccc(OC)c(OC)c4)C3)s2)cc1. The Bertz CT molecular complexity index is 1180. The molecule has 0 saturated carbocycles. The van der Waals surface area contributed by atoms with Crippen molar-refractivity contribution in [2.24, 2.45) is 0 Å². The molecule has 0 bridgehead atoms. The Morgan fingerprint density at radius 3 is 2.40 bits per heavy atom. The Balaban J connectivity index is 1.37. The molecule has 35 heavy (non-hydrogen) atoms. The van der Waals surface area contributed by atoms with E-state index in [9.17, 15) is 9.59 Å². The summed E-state index contributed by atoms with van der Waals surface area (Å²) < 4.78 is 15.7. The number of benzene rings is 2. The molecule has 1 aliphatic rings. The van der Waals surface area contributed by atoms with Gasteiger partial charge in [-0.2, -0.15) is 0 Å². The van der Waals surface area contributed by atoms with Gasteiger partial charge < -0.3 is 29.7 Å². The maximum Gasteiger partial charge on any atom is 0.321 e. The summed E-state index contributed by atoms with van der Waals surface area (Å²) >= 11 is 1.25. The number of hydrogen-bond donors (Lipinski definition) is 2. The van der Waals surface area contributed by atoms with Gasteiger partial charge in [0.1, 0.15) is 10.8 Å². The number of anilines is 2. The lowest BCUT2D eigenvalue weighted by atomic mass is 9.99. The molecule has 1 atom stereocenters. The molecule has 4 rings (SSSR count). The van der Waals surface area contributed by atoms with Crippen LogP contribution in [0.25, 0.3) is 0 Å². The molecule has 184 valence electrons. The van der Waals surface area contributed by atoms with Crippen molar-refractivity contribution in [2.75, 3.05) is 45.1 Å². The standard InChI is InChI=1S/C24H27N5O5S/c1-32-18-9-6-16(7-10-18)25-21(30)23-28-27-22(35-23)15-5-4-12-29(14-15)24(31)26-17-8-11-19(33-2)20(13-17)34-3/h6-11,13,15H,4-5,12,14H2,1-3H3,(H,25,30)(H,26,31)/t15-/m0/s1. The zero-order valence-corrected chi connectivity index (χ0v) is 20.6. The van der Waals surface area contributed by atoms with Gasteiger partial charge in [0.15, 0.2) is 11.5 Å². The maximum atomic E-state index is 12.9. The second kappa shape index (κ2) is 11.0. The van der Waals surface area contributed by atoms with Crippen LogP contribution in [-0.4, -0.2) is 61.5 Å². The van der Waals surface area contributed by atoms with Crippen LogP contribution in [0.4, 0.5) is 16.2 Å². The van der Waals surface area contributed by atoms with Crippen molar-refractivity contribution in [2.45, 2.75) is 18.8 Å². The molecule has 1 saturated heterocycles. The predicted molar refractivity (Wildman–Crippen MR) is 133 cm³/mol. The van der Waals surface area contributed by atoms with Gasteiger partial charge in [0.2, 0.25) is 5.01 Å². The monoisotopic (exact) mass is 497 g/mol. The van der Waals surface area contributed by atoms with Crippen molar-refractivity contribution in [3.63, 3.8) is 0 Å². The summed E-state index contributed by atoms with van der Waals surface area (Å²) in [5.74, 6) is 1.53. The summed E-state index contributed by atoms with van der Waals surface area (Å²) in [6.07, 6.45) is 1.70. The zero-order valence-electron chi connectivity index (χ0n) is 19.7. The molecule has 0 unspecified atom stereocenters. The van der Waals surface area contributed by atoms with E-state index < -0.39 is 0 Å². The van der Waals surface area contributed by atoms with Crippen LogP contribution in [0, 0.1) is 0 Å². The summed E-state index contributed by atoms with van der Waals surface area (Å²) in [4.78, 5) is 27.3. The van der Waals surface area contributed by atoms with E-state index in [0.29, 0.717) is 41.7 Å². The van der Waals surface area contributed by atoms with Gasteiger partial charge in [-0.15, -0.1) is 10.2 Å². The lowest BCUT2D eigenvalue weighted by Crippen LogP contribution is -2.41. The van der Waals surface area contributed by atoms with Crippen molar-refractivity contribution < 1.29 is 23.8 Å². The maximum absolute atomic E-state index is 12.9. The summed E-state index contributed by atoms with van der Waals surface area (Å²) in [6.45, 7) is 1.13. The minimum atomic E-state index is -0.322. The third-order valence-electron chi connectivity index (χ3n) is 5.68. The second-order valence-corrected chi connectivity index (χ2v) is 8.92. The first kappa shape index (κ1) is 24.3. The molecule has 1 aromatic heterocycles. The Morgan fingerprint density at radius 1 is 0.943 bits per heavy atom. The highest BCUT2D eigenvalue weighted by atomic mass is 32.1. The van der Waals surface area contributed by atoms with E-state index in [-0.39, 0.29) is 22.9 Å². The van der Waals surface area contributed by atoms with Gasteiger partial charge in [-0.3, -0.25) is 4.79 Å². The number of carbonyl (C=O) groups excluding carboxylic acids is 2. The van der Waals surface area contributed by atoms with Crippen LogP contribution in [0.1, 0.15) is 33.6 Å². The lowest BCUT2D eigenvalue weighted by Gasteiger charge is -2.31. The number of nitrogens with zero attached hydrogens (tertiary/aromatic N) is 3. The van der Waals surface area contributed by atoms with E-state index in [4.69, 9.17) is 14.2 Å². The van der Waals surface area contributed by atoms with Crippen molar-refractivity contribution in [3.8, 4) is 17.2 Å². The number of rotatable bonds is 7. The van der Waals surface area contributed by atoms with Crippen molar-refractivity contribution in [1.82, 2.24) is 15.1 Å². The molecule has 3 aromatic rings. The van der Waals surface area contributed by atoms with Gasteiger partial charge in [-0.1, -0.05) is 11.3 Å². The van der Waals surface area contributed by atoms with E-state index in [1.165, 1.54) is 11.3 Å². The predicted octanol–water partition coefficient (Wildman–Crippen LogP) is 4.23. The number of hydrogen-bond acceptors (Lipinski definition) is 8. The number of nitrogens with one attached hydrogen (secondary N) is 2. The third kappa shape index (κ3) is 5.80. The fourth-order valence-electron chi connectivity index (χ4n) is 3.83. The quantitative estimate of drug-likeness (QED) is 0.502. The molecule has 10 nitrogen and oxygen atoms in total. The average molecular weight is 498 g/mol. The number of piperidine rings is 1. The summed E-state index contributed by atoms with van der Waals surface area (Å²) in [5, 5.41) is 15.1. The van der Waals surface area contributed by atoms with Crippen molar-refractivity contribution in [3.05, 3.63) is 52.5 Å². The summed E-state index contributed by atoms with van der Waals surface area (Å²) in [5.41, 5.74) is 1.26. The fourth-order valence-corrected chi connectivity index (χ4v) is 4.69. The summed E-state index contributed by atoms with van der Waals surface area (Å²) in [6, 6.07) is 12.1. The van der Waals surface area contributed by atoms with Crippen LogP contribution in [0.15, 0.2) is 42.5 Å². The van der Waals surface area contributed by atoms with E-state index >= 15 is 0 Å². The first-order chi connectivity index (χ1) is 17.0. The number of amides is 3. The van der Waals surface area contributed by atoms with Crippen LogP contribution in [0.5, 0.6) is 17.2 Å². The molecule has 0 spiro atoms. The fraction of sp³-hybridized carbons (Fsp3) is 0.333. The molecule has 2 aromatic carbocycles. The average Bonchev–Trinajstić information content (AvgIpc) is 3.40.